The average molecular weight is 198 g/mol. The number of nitrogens with zero attached hydrogens (tertiary/aromatic N) is 7. The molecule has 2 aromatic heterocycles. The van der Waals surface area contributed by atoms with Gasteiger partial charge < -0.3 is 0 Å². The van der Waals surface area contributed by atoms with Gasteiger partial charge in [0.25, 0.3) is 0 Å². The van der Waals surface area contributed by atoms with Crippen molar-refractivity contribution in [3.63, 3.8) is 0 Å². The Morgan fingerprint density at radius 1 is 1.46 bits per heavy atom. The van der Waals surface area contributed by atoms with Gasteiger partial charge in [0.15, 0.2) is 5.82 Å². The van der Waals surface area contributed by atoms with E-state index in [2.05, 4.69) is 36.0 Å². The van der Waals surface area contributed by atoms with E-state index in [1.807, 2.05) is 6.26 Å². The summed E-state index contributed by atoms with van der Waals surface area (Å²) >= 11 is 1.43. The van der Waals surface area contributed by atoms with Gasteiger partial charge in [-0.3, -0.25) is 0 Å². The Morgan fingerprint density at radius 2 is 2.38 bits per heavy atom. The van der Waals surface area contributed by atoms with Crippen molar-refractivity contribution in [1.82, 2.24) is 40.8 Å². The summed E-state index contributed by atoms with van der Waals surface area (Å²) in [5.41, 5.74) is 0. The molecule has 0 radical (unpaired) electrons. The fourth-order valence-electron chi connectivity index (χ4n) is 0.753. The molecule has 2 heterocycles. The summed E-state index contributed by atoms with van der Waals surface area (Å²) < 4.78 is 0. The van der Waals surface area contributed by atoms with Crippen LogP contribution in [0.3, 0.4) is 0 Å². The quantitative estimate of drug-likeness (QED) is 0.628. The van der Waals surface area contributed by atoms with E-state index in [1.165, 1.54) is 16.6 Å². The maximum atomic E-state index is 4.04. The van der Waals surface area contributed by atoms with Crippen molar-refractivity contribution in [3.05, 3.63) is 5.82 Å². The van der Waals surface area contributed by atoms with E-state index in [4.69, 9.17) is 0 Å². The first kappa shape index (κ1) is 8.10. The van der Waals surface area contributed by atoms with Crippen LogP contribution in [0.1, 0.15) is 5.82 Å². The van der Waals surface area contributed by atoms with Gasteiger partial charge in [-0.1, -0.05) is 17.0 Å². The molecule has 68 valence electrons. The first-order valence-corrected chi connectivity index (χ1v) is 4.65. The first-order chi connectivity index (χ1) is 6.38. The Balaban J connectivity index is 2.10. The van der Waals surface area contributed by atoms with Crippen molar-refractivity contribution in [1.29, 1.82) is 0 Å². The van der Waals surface area contributed by atoms with Gasteiger partial charge in [-0.2, -0.15) is 10.0 Å². The van der Waals surface area contributed by atoms with Crippen LogP contribution in [-0.4, -0.2) is 47.1 Å². The molecule has 0 aliphatic carbocycles. The van der Waals surface area contributed by atoms with Crippen LogP contribution in [0, 0.1) is 0 Å². The fraction of sp³-hybridized carbons (Fsp3) is 0.500. The van der Waals surface area contributed by atoms with Crippen molar-refractivity contribution in [2.45, 2.75) is 11.7 Å². The van der Waals surface area contributed by atoms with Crippen LogP contribution in [0.2, 0.25) is 0 Å². The highest BCUT2D eigenvalue weighted by molar-refractivity contribution is 7.98. The van der Waals surface area contributed by atoms with Gasteiger partial charge in [0.05, 0.1) is 0 Å². The van der Waals surface area contributed by atoms with Gasteiger partial charge in [-0.15, -0.1) is 20.4 Å². The number of thioether (sulfide) groups is 1. The van der Waals surface area contributed by atoms with Crippen LogP contribution in [-0.2, 0) is 6.54 Å². The molecule has 9 heteroatoms. The Morgan fingerprint density at radius 3 is 3.00 bits per heavy atom. The normalized spacial score (nSPS) is 10.5. The molecule has 0 unspecified atom stereocenters. The molecular weight excluding hydrogens is 192 g/mol. The summed E-state index contributed by atoms with van der Waals surface area (Å²) in [7, 11) is 0. The fourth-order valence-corrected chi connectivity index (χ4v) is 1.05. The molecular formula is C4H6N8S. The zero-order valence-electron chi connectivity index (χ0n) is 6.75. The van der Waals surface area contributed by atoms with E-state index >= 15 is 0 Å². The van der Waals surface area contributed by atoms with Gasteiger partial charge in [0.1, 0.15) is 6.54 Å². The molecule has 2 aromatic rings. The summed E-state index contributed by atoms with van der Waals surface area (Å²) in [6, 6.07) is 0. The van der Waals surface area contributed by atoms with Crippen LogP contribution >= 0.6 is 11.8 Å². The molecule has 0 saturated carbocycles. The van der Waals surface area contributed by atoms with Crippen molar-refractivity contribution in [3.8, 4) is 0 Å². The highest BCUT2D eigenvalue weighted by atomic mass is 32.2. The first-order valence-electron chi connectivity index (χ1n) is 3.42. The van der Waals surface area contributed by atoms with Gasteiger partial charge >= 0.3 is 0 Å². The minimum absolute atomic E-state index is 0.379. The number of aromatic nitrogens is 8. The number of hydrogen-bond donors (Lipinski definition) is 1. The summed E-state index contributed by atoms with van der Waals surface area (Å²) in [5, 5.41) is 25.5. The van der Waals surface area contributed by atoms with Crippen LogP contribution in [0.5, 0.6) is 0 Å². The van der Waals surface area contributed by atoms with E-state index in [-0.39, 0.29) is 0 Å². The van der Waals surface area contributed by atoms with Crippen LogP contribution < -0.4 is 0 Å². The minimum atomic E-state index is 0.379. The maximum absolute atomic E-state index is 4.04. The van der Waals surface area contributed by atoms with E-state index in [0.29, 0.717) is 17.5 Å². The third-order valence-corrected chi connectivity index (χ3v) is 1.82. The molecule has 0 aromatic carbocycles. The van der Waals surface area contributed by atoms with Crippen molar-refractivity contribution in [2.24, 2.45) is 0 Å². The lowest BCUT2D eigenvalue weighted by molar-refractivity contribution is 0.551. The molecule has 0 amide bonds. The Bertz CT molecular complexity index is 365. The lowest BCUT2D eigenvalue weighted by Crippen LogP contribution is -2.05. The highest BCUT2D eigenvalue weighted by Gasteiger charge is 2.04. The number of nitrogens with one attached hydrogen (secondary N) is 1. The SMILES string of the molecule is CSc1nnn(Cc2nn[nH]n2)n1. The largest absolute Gasteiger partial charge is 0.230 e. The van der Waals surface area contributed by atoms with E-state index < -0.39 is 0 Å². The van der Waals surface area contributed by atoms with Gasteiger partial charge in [0, 0.05) is 0 Å². The zero-order chi connectivity index (χ0) is 9.10. The maximum Gasteiger partial charge on any atom is 0.230 e. The second-order valence-corrected chi connectivity index (χ2v) is 2.91. The van der Waals surface area contributed by atoms with E-state index in [1.54, 1.807) is 0 Å². The monoisotopic (exact) mass is 198 g/mol. The van der Waals surface area contributed by atoms with Crippen LogP contribution in [0.4, 0.5) is 0 Å². The average Bonchev–Trinajstić information content (AvgIpc) is 2.76. The predicted molar refractivity (Wildman–Crippen MR) is 42.9 cm³/mol. The lowest BCUT2D eigenvalue weighted by atomic mass is 10.6. The summed E-state index contributed by atoms with van der Waals surface area (Å²) in [4.78, 5) is 1.41. The second-order valence-electron chi connectivity index (χ2n) is 2.13. The molecule has 0 bridgehead atoms. The van der Waals surface area contributed by atoms with Gasteiger partial charge in [-0.25, -0.2) is 0 Å². The number of H-pyrrole nitrogens is 1. The van der Waals surface area contributed by atoms with Crippen molar-refractivity contribution in [2.75, 3.05) is 6.26 Å². The summed E-state index contributed by atoms with van der Waals surface area (Å²) in [6.45, 7) is 0.379. The molecule has 1 N–H and O–H groups in total. The topological polar surface area (TPSA) is 98.1 Å². The molecule has 0 aliphatic heterocycles. The Hall–Kier alpha value is -1.51. The number of tetrazole rings is 2. The minimum Gasteiger partial charge on any atom is -0.177 e. The lowest BCUT2D eigenvalue weighted by Gasteiger charge is -1.89. The Kier molecular flexibility index (Phi) is 2.17. The van der Waals surface area contributed by atoms with Crippen molar-refractivity contribution < 1.29 is 0 Å². The van der Waals surface area contributed by atoms with E-state index in [9.17, 15) is 0 Å². The predicted octanol–water partition coefficient (Wildman–Crippen LogP) is -1.04. The number of rotatable bonds is 3. The molecule has 8 nitrogen and oxygen atoms in total. The smallest absolute Gasteiger partial charge is 0.177 e. The molecule has 0 aliphatic rings. The molecule has 13 heavy (non-hydrogen) atoms. The van der Waals surface area contributed by atoms with E-state index in [0.717, 1.165) is 0 Å². The molecule has 0 saturated heterocycles. The van der Waals surface area contributed by atoms with Gasteiger partial charge in [0.2, 0.25) is 5.16 Å². The summed E-state index contributed by atoms with van der Waals surface area (Å²) in [5.74, 6) is 0.532. The molecule has 2 rings (SSSR count). The molecule has 0 atom stereocenters. The second kappa shape index (κ2) is 3.47. The Labute approximate surface area is 77.1 Å². The standard InChI is InChI=1S/C4H6N8S/c1-13-4-7-11-12(8-4)2-3-5-9-10-6-3/h2H2,1H3,(H,5,6,9,10). The third-order valence-electron chi connectivity index (χ3n) is 1.29. The van der Waals surface area contributed by atoms with Crippen LogP contribution in [0.25, 0.3) is 0 Å². The third kappa shape index (κ3) is 1.80. The number of aromatic amines is 1. The van der Waals surface area contributed by atoms with Gasteiger partial charge in [-0.05, 0) is 11.5 Å². The van der Waals surface area contributed by atoms with Crippen molar-refractivity contribution >= 4 is 11.8 Å². The van der Waals surface area contributed by atoms with Crippen LogP contribution in [0.15, 0.2) is 5.16 Å². The highest BCUT2D eigenvalue weighted by Crippen LogP contribution is 2.04. The summed E-state index contributed by atoms with van der Waals surface area (Å²) in [6.07, 6.45) is 1.88. The molecule has 0 spiro atoms. The molecule has 0 fully saturated rings. The zero-order valence-corrected chi connectivity index (χ0v) is 7.56. The number of hydrogen-bond acceptors (Lipinski definition) is 7.